The molecular formula is C59H60N8O10. The van der Waals surface area contributed by atoms with Crippen molar-refractivity contribution < 1.29 is 48.9 Å². The first-order chi connectivity index (χ1) is 37.1. The highest BCUT2D eigenvalue weighted by atomic mass is 16.4. The molecule has 0 bridgehead atoms. The van der Waals surface area contributed by atoms with Gasteiger partial charge in [-0.05, 0) is 87.7 Å². The fourth-order valence-electron chi connectivity index (χ4n) is 9.81. The van der Waals surface area contributed by atoms with Crippen LogP contribution in [-0.4, -0.2) is 98.0 Å². The molecule has 6 amide bonds. The van der Waals surface area contributed by atoms with Crippen LogP contribution in [0.4, 0.5) is 0 Å². The summed E-state index contributed by atoms with van der Waals surface area (Å²) in [4.78, 5) is 101. The number of aryl methyl sites for hydroxylation is 2. The Morgan fingerprint density at radius 3 is 1.42 bits per heavy atom. The molecular weight excluding hydrogens is 981 g/mol. The molecule has 7 aromatic rings. The molecule has 0 fully saturated rings. The maximum atomic E-state index is 14.6. The lowest BCUT2D eigenvalue weighted by molar-refractivity contribution is -0.142. The first kappa shape index (κ1) is 54.0. The lowest BCUT2D eigenvalue weighted by atomic mass is 9.82. The predicted octanol–water partition coefficient (Wildman–Crippen LogP) is 3.49. The highest BCUT2D eigenvalue weighted by Crippen LogP contribution is 2.36. The zero-order valence-corrected chi connectivity index (χ0v) is 41.9. The lowest BCUT2D eigenvalue weighted by Crippen LogP contribution is -2.60. The second kappa shape index (κ2) is 24.8. The van der Waals surface area contributed by atoms with Crippen LogP contribution < -0.4 is 38.1 Å². The van der Waals surface area contributed by atoms with Crippen molar-refractivity contribution in [3.8, 4) is 11.5 Å². The van der Waals surface area contributed by atoms with Gasteiger partial charge in [-0.15, -0.1) is 0 Å². The number of carboxylic acid groups (broad SMARTS) is 1. The van der Waals surface area contributed by atoms with Crippen LogP contribution >= 0.6 is 0 Å². The summed E-state index contributed by atoms with van der Waals surface area (Å²) in [7, 11) is 0. The van der Waals surface area contributed by atoms with Crippen molar-refractivity contribution in [1.82, 2.24) is 31.6 Å². The van der Waals surface area contributed by atoms with E-state index >= 15 is 0 Å². The maximum absolute atomic E-state index is 14.6. The summed E-state index contributed by atoms with van der Waals surface area (Å²) in [6.07, 6.45) is 1.74. The summed E-state index contributed by atoms with van der Waals surface area (Å²) in [5, 5.41) is 44.5. The van der Waals surface area contributed by atoms with Gasteiger partial charge in [0.25, 0.3) is 0 Å². The molecule has 0 saturated heterocycles. The summed E-state index contributed by atoms with van der Waals surface area (Å²) in [6.45, 7) is 0. The topological polar surface area (TPSA) is 308 Å². The molecule has 396 valence electrons. The smallest absolute Gasteiger partial charge is 0.326 e. The minimum absolute atomic E-state index is 0.0607. The van der Waals surface area contributed by atoms with E-state index in [0.29, 0.717) is 22.3 Å². The maximum Gasteiger partial charge on any atom is 0.326 e. The number of hydrogen-bond donors (Lipinski definition) is 11. The van der Waals surface area contributed by atoms with Crippen molar-refractivity contribution in [2.75, 3.05) is 0 Å². The number of phenolic OH excluding ortho intramolecular Hbond substituents is 2. The van der Waals surface area contributed by atoms with Gasteiger partial charge >= 0.3 is 5.97 Å². The fourth-order valence-corrected chi connectivity index (χ4v) is 9.81. The van der Waals surface area contributed by atoms with E-state index in [9.17, 15) is 48.9 Å². The SMILES string of the molecule is NC(=O)CC(NC(=O)C(Cc1ccccc1)NC(=O)C(N)C1c2ccccc2CCc2ccccc21)C(=O)NC(Cc1ccc(O)cc1)C(=O)NC(Cc1ccc(O)cc1)C(=O)NC(Cc1c[nH]c2ccccc12)C(=O)O. The van der Waals surface area contributed by atoms with E-state index in [1.165, 1.54) is 48.5 Å². The first-order valence-electron chi connectivity index (χ1n) is 25.2. The number of carbonyl (C=O) groups is 7. The number of nitrogens with one attached hydrogen (secondary N) is 6. The lowest BCUT2D eigenvalue weighted by Gasteiger charge is -2.29. The van der Waals surface area contributed by atoms with Gasteiger partial charge in [-0.1, -0.05) is 121 Å². The standard InChI is InChI=1S/C59H60N8O10/c60-51(70)32-49(65-55(72)48(28-34-10-2-1-3-11-34)66-58(75)53(61)52-43-15-6-4-12-37(43)22-23-38-13-5-7-16-44(38)52)57(74)64-46(29-35-18-24-40(68)25-19-35)54(71)63-47(30-36-20-26-41(69)27-21-36)56(73)67-50(59(76)77)31-39-33-62-45-17-9-8-14-42(39)45/h1-21,24-27,33,46-50,52-53,62,68-69H,22-23,28-32,61H2,(H2,60,70)(H,63,71)(H,64,74)(H,65,72)(H,66,75)(H,67,73)(H,76,77). The number of aromatic amines is 1. The van der Waals surface area contributed by atoms with E-state index in [2.05, 4.69) is 31.6 Å². The molecule has 6 unspecified atom stereocenters. The van der Waals surface area contributed by atoms with Gasteiger partial charge in [0.2, 0.25) is 35.4 Å². The number of carboxylic acids is 1. The van der Waals surface area contributed by atoms with E-state index in [1.807, 2.05) is 66.7 Å². The van der Waals surface area contributed by atoms with Crippen molar-refractivity contribution in [1.29, 1.82) is 0 Å². The van der Waals surface area contributed by atoms with Gasteiger partial charge in [0.1, 0.15) is 41.7 Å². The Morgan fingerprint density at radius 2 is 0.909 bits per heavy atom. The molecule has 1 heterocycles. The molecule has 6 aromatic carbocycles. The van der Waals surface area contributed by atoms with Crippen molar-refractivity contribution in [3.05, 3.63) is 202 Å². The molecule has 13 N–H and O–H groups in total. The number of para-hydroxylation sites is 1. The molecule has 0 saturated carbocycles. The van der Waals surface area contributed by atoms with Gasteiger partial charge in [-0.2, -0.15) is 0 Å². The molecule has 1 aromatic heterocycles. The highest BCUT2D eigenvalue weighted by molar-refractivity contribution is 5.98. The molecule has 0 spiro atoms. The van der Waals surface area contributed by atoms with Crippen LogP contribution in [0.15, 0.2) is 158 Å². The fraction of sp³-hybridized carbons (Fsp3) is 0.237. The van der Waals surface area contributed by atoms with E-state index in [0.717, 1.165) is 46.0 Å². The Morgan fingerprint density at radius 1 is 0.494 bits per heavy atom. The van der Waals surface area contributed by atoms with Gasteiger partial charge in [-0.25, -0.2) is 4.79 Å². The summed E-state index contributed by atoms with van der Waals surface area (Å²) in [5.41, 5.74) is 19.3. The van der Waals surface area contributed by atoms with Crippen molar-refractivity contribution in [2.24, 2.45) is 11.5 Å². The number of primary amides is 1. The van der Waals surface area contributed by atoms with Gasteiger partial charge in [-0.3, -0.25) is 28.8 Å². The number of phenols is 2. The number of benzene rings is 6. The average molecular weight is 1040 g/mol. The molecule has 1 aliphatic carbocycles. The first-order valence-corrected chi connectivity index (χ1v) is 25.2. The summed E-state index contributed by atoms with van der Waals surface area (Å²) in [6, 6.07) is 34.4. The van der Waals surface area contributed by atoms with Crippen molar-refractivity contribution in [3.63, 3.8) is 0 Å². The number of carbonyl (C=O) groups excluding carboxylic acids is 6. The third-order valence-electron chi connectivity index (χ3n) is 13.8. The van der Waals surface area contributed by atoms with Gasteiger partial charge in [0.05, 0.1) is 12.5 Å². The molecule has 18 heteroatoms. The quantitative estimate of drug-likeness (QED) is 0.0467. The third-order valence-corrected chi connectivity index (χ3v) is 13.8. The number of rotatable bonds is 22. The van der Waals surface area contributed by atoms with Crippen LogP contribution in [-0.2, 0) is 72.1 Å². The largest absolute Gasteiger partial charge is 0.508 e. The summed E-state index contributed by atoms with van der Waals surface area (Å²) < 4.78 is 0. The number of aromatic hydroxyl groups is 2. The Hall–Kier alpha value is -9.29. The molecule has 0 aliphatic heterocycles. The van der Waals surface area contributed by atoms with Gasteiger partial charge in [0.15, 0.2) is 0 Å². The Bertz CT molecular complexity index is 3210. The third kappa shape index (κ3) is 13.9. The number of hydrogen-bond acceptors (Lipinski definition) is 10. The average Bonchev–Trinajstić information content (AvgIpc) is 3.76. The van der Waals surface area contributed by atoms with Crippen LogP contribution in [0.3, 0.4) is 0 Å². The molecule has 1 aliphatic rings. The predicted molar refractivity (Wildman–Crippen MR) is 287 cm³/mol. The van der Waals surface area contributed by atoms with Crippen LogP contribution in [0, 0.1) is 0 Å². The van der Waals surface area contributed by atoms with E-state index in [1.54, 1.807) is 42.6 Å². The Kier molecular flexibility index (Phi) is 17.4. The summed E-state index contributed by atoms with van der Waals surface area (Å²) in [5.74, 6) is -7.44. The number of H-pyrrole nitrogens is 1. The van der Waals surface area contributed by atoms with Crippen molar-refractivity contribution in [2.45, 2.75) is 87.1 Å². The minimum atomic E-state index is -1.71. The molecule has 18 nitrogen and oxygen atoms in total. The van der Waals surface area contributed by atoms with Crippen LogP contribution in [0.5, 0.6) is 11.5 Å². The zero-order valence-electron chi connectivity index (χ0n) is 41.9. The Balaban J connectivity index is 1.05. The van der Waals surface area contributed by atoms with E-state index < -0.39 is 90.0 Å². The molecule has 77 heavy (non-hydrogen) atoms. The highest BCUT2D eigenvalue weighted by Gasteiger charge is 2.37. The molecule has 8 rings (SSSR count). The van der Waals surface area contributed by atoms with E-state index in [4.69, 9.17) is 11.5 Å². The van der Waals surface area contributed by atoms with Crippen LogP contribution in [0.1, 0.15) is 56.8 Å². The summed E-state index contributed by atoms with van der Waals surface area (Å²) >= 11 is 0. The van der Waals surface area contributed by atoms with E-state index in [-0.39, 0.29) is 37.2 Å². The van der Waals surface area contributed by atoms with Crippen LogP contribution in [0.25, 0.3) is 10.9 Å². The molecule has 0 radical (unpaired) electrons. The normalized spacial score (nSPS) is 14.4. The van der Waals surface area contributed by atoms with Gasteiger partial charge in [0, 0.05) is 48.7 Å². The minimum Gasteiger partial charge on any atom is -0.508 e. The second-order valence-corrected chi connectivity index (χ2v) is 19.2. The Labute approximate surface area is 443 Å². The second-order valence-electron chi connectivity index (χ2n) is 19.2. The number of amides is 6. The van der Waals surface area contributed by atoms with Crippen LogP contribution in [0.2, 0.25) is 0 Å². The van der Waals surface area contributed by atoms with Crippen molar-refractivity contribution >= 4 is 52.3 Å². The number of aromatic nitrogens is 1. The number of fused-ring (bicyclic) bond motifs is 3. The monoisotopic (exact) mass is 1040 g/mol. The number of nitrogens with two attached hydrogens (primary N) is 2. The van der Waals surface area contributed by atoms with Gasteiger partial charge < -0.3 is 58.4 Å². The number of aliphatic carboxylic acids is 1. The zero-order chi connectivity index (χ0) is 54.6. The molecule has 6 atom stereocenters.